The highest BCUT2D eigenvalue weighted by molar-refractivity contribution is 7.89. The van der Waals surface area contributed by atoms with Gasteiger partial charge in [0.15, 0.2) is 11.5 Å². The van der Waals surface area contributed by atoms with Gasteiger partial charge < -0.3 is 19.5 Å². The molecule has 1 saturated heterocycles. The Labute approximate surface area is 207 Å². The van der Waals surface area contributed by atoms with Crippen molar-refractivity contribution in [2.75, 3.05) is 38.9 Å². The van der Waals surface area contributed by atoms with Gasteiger partial charge in [-0.3, -0.25) is 4.90 Å². The number of sulfonamides is 1. The van der Waals surface area contributed by atoms with E-state index in [2.05, 4.69) is 14.9 Å². The monoisotopic (exact) mass is 517 g/mol. The van der Waals surface area contributed by atoms with Crippen molar-refractivity contribution in [2.45, 2.75) is 63.8 Å². The number of fused-ring (bicyclic) bond motifs is 3. The van der Waals surface area contributed by atoms with Gasteiger partial charge >= 0.3 is 6.09 Å². The number of carbonyl (C=O) groups is 1. The quantitative estimate of drug-likeness (QED) is 0.511. The van der Waals surface area contributed by atoms with Crippen LogP contribution in [-0.2, 0) is 21.2 Å². The molecule has 3 unspecified atom stereocenters. The maximum absolute atomic E-state index is 12.7. The molecule has 11 heteroatoms. The van der Waals surface area contributed by atoms with Gasteiger partial charge in [0, 0.05) is 25.0 Å². The molecule has 3 rings (SSSR count). The fourth-order valence-electron chi connectivity index (χ4n) is 4.63. The molecule has 0 radical (unpaired) electrons. The van der Waals surface area contributed by atoms with Crippen LogP contribution >= 0.6 is 11.6 Å². The molecule has 0 aliphatic carbocycles. The van der Waals surface area contributed by atoms with E-state index in [1.165, 1.54) is 0 Å². The van der Waals surface area contributed by atoms with E-state index in [0.717, 1.165) is 24.1 Å². The summed E-state index contributed by atoms with van der Waals surface area (Å²) in [5.41, 5.74) is 1.60. The van der Waals surface area contributed by atoms with Gasteiger partial charge in [-0.25, -0.2) is 17.9 Å². The zero-order valence-corrected chi connectivity index (χ0v) is 22.1. The number of ether oxygens (including phenoxy) is 3. The van der Waals surface area contributed by atoms with E-state index >= 15 is 0 Å². The van der Waals surface area contributed by atoms with Crippen molar-refractivity contribution in [1.29, 1.82) is 0 Å². The maximum Gasteiger partial charge on any atom is 0.407 e. The first kappa shape index (κ1) is 26.8. The molecule has 0 spiro atoms. The first-order valence-corrected chi connectivity index (χ1v) is 13.7. The molecule has 1 aromatic carbocycles. The highest BCUT2D eigenvalue weighted by atomic mass is 35.5. The number of nitrogens with zero attached hydrogens (tertiary/aromatic N) is 1. The van der Waals surface area contributed by atoms with Gasteiger partial charge in [-0.05, 0) is 63.3 Å². The molecule has 1 amide bonds. The Bertz CT molecular complexity index is 982. The third-order valence-electron chi connectivity index (χ3n) is 6.09. The Hall–Kier alpha value is -1.75. The van der Waals surface area contributed by atoms with E-state index in [-0.39, 0.29) is 17.7 Å². The number of rotatable bonds is 8. The van der Waals surface area contributed by atoms with E-state index in [9.17, 15) is 13.2 Å². The molecule has 1 aromatic rings. The summed E-state index contributed by atoms with van der Waals surface area (Å²) >= 11 is 5.70. The zero-order valence-electron chi connectivity index (χ0n) is 20.5. The summed E-state index contributed by atoms with van der Waals surface area (Å²) in [7, 11) is -0.341. The lowest BCUT2D eigenvalue weighted by atomic mass is 9.83. The number of hydrogen-bond donors (Lipinski definition) is 2. The summed E-state index contributed by atoms with van der Waals surface area (Å²) in [6, 6.07) is 3.03. The van der Waals surface area contributed by atoms with Crippen molar-refractivity contribution < 1.29 is 27.4 Å². The minimum Gasteiger partial charge on any atom is -0.493 e. The first-order valence-electron chi connectivity index (χ1n) is 11.5. The Balaban J connectivity index is 1.89. The Kier molecular flexibility index (Phi) is 8.60. The van der Waals surface area contributed by atoms with Crippen LogP contribution in [-0.4, -0.2) is 76.0 Å². The summed E-state index contributed by atoms with van der Waals surface area (Å²) in [5, 5.41) is 2.92. The fraction of sp³-hybridized carbons (Fsp3) is 0.696. The Morgan fingerprint density at radius 1 is 1.18 bits per heavy atom. The van der Waals surface area contributed by atoms with E-state index in [4.69, 9.17) is 25.8 Å². The molecule has 2 heterocycles. The van der Waals surface area contributed by atoms with Crippen LogP contribution in [0.3, 0.4) is 0 Å². The summed E-state index contributed by atoms with van der Waals surface area (Å²) in [5.74, 6) is 1.53. The molecule has 3 atom stereocenters. The third kappa shape index (κ3) is 6.68. The average Bonchev–Trinajstić information content (AvgIpc) is 2.75. The molecule has 2 N–H and O–H groups in total. The summed E-state index contributed by atoms with van der Waals surface area (Å²) in [4.78, 5) is 14.9. The predicted molar refractivity (Wildman–Crippen MR) is 131 cm³/mol. The topological polar surface area (TPSA) is 106 Å². The van der Waals surface area contributed by atoms with Crippen LogP contribution in [0.15, 0.2) is 12.1 Å². The van der Waals surface area contributed by atoms with Crippen LogP contribution < -0.4 is 19.5 Å². The Morgan fingerprint density at radius 3 is 2.47 bits per heavy atom. The largest absolute Gasteiger partial charge is 0.493 e. The number of hydrogen-bond acceptors (Lipinski definition) is 7. The number of alkyl carbamates (subject to hydrolysis) is 1. The number of alkyl halides is 1. The number of halogens is 1. The number of carbonyl (C=O) groups excluding carboxylic acids is 1. The Morgan fingerprint density at radius 2 is 1.85 bits per heavy atom. The van der Waals surface area contributed by atoms with Crippen molar-refractivity contribution >= 4 is 27.7 Å². The molecule has 2 aliphatic rings. The first-order chi connectivity index (χ1) is 16.0. The summed E-state index contributed by atoms with van der Waals surface area (Å²) < 4.78 is 44.6. The number of nitrogens with one attached hydrogen (secondary N) is 2. The molecule has 0 saturated carbocycles. The molecule has 34 heavy (non-hydrogen) atoms. The lowest BCUT2D eigenvalue weighted by molar-refractivity contribution is 0.0406. The molecule has 192 valence electrons. The predicted octanol–water partition coefficient (Wildman–Crippen LogP) is 2.82. The summed E-state index contributed by atoms with van der Waals surface area (Å²) in [6.45, 7) is 6.60. The molecular formula is C23H36ClN3O6S. The average molecular weight is 518 g/mol. The second-order valence-corrected chi connectivity index (χ2v) is 12.0. The highest BCUT2D eigenvalue weighted by Crippen LogP contribution is 2.42. The van der Waals surface area contributed by atoms with E-state index in [1.54, 1.807) is 35.0 Å². The van der Waals surface area contributed by atoms with E-state index < -0.39 is 33.8 Å². The maximum atomic E-state index is 12.7. The van der Waals surface area contributed by atoms with Gasteiger partial charge in [0.05, 0.1) is 32.1 Å². The molecule has 0 aromatic heterocycles. The standard InChI is InChI=1S/C23H36ClN3O6S/c1-23(2,3)33-22(28)25-17-13-19-16-12-21(32-5)20(31-4)11-15(16)7-9-27(19)14-18(17)26-34(29,30)10-6-8-24/h11-12,17-19,26H,6-10,13-14H2,1-5H3,(H,25,28). The lowest BCUT2D eigenvalue weighted by Crippen LogP contribution is -2.62. The van der Waals surface area contributed by atoms with Crippen molar-refractivity contribution in [3.05, 3.63) is 23.3 Å². The van der Waals surface area contributed by atoms with Crippen LogP contribution in [0, 0.1) is 0 Å². The van der Waals surface area contributed by atoms with E-state index in [1.807, 2.05) is 12.1 Å². The van der Waals surface area contributed by atoms with Gasteiger partial charge in [0.1, 0.15) is 5.60 Å². The van der Waals surface area contributed by atoms with Crippen molar-refractivity contribution in [1.82, 2.24) is 14.9 Å². The fourth-order valence-corrected chi connectivity index (χ4v) is 6.27. The minimum absolute atomic E-state index is 0.00733. The summed E-state index contributed by atoms with van der Waals surface area (Å²) in [6.07, 6.45) is 1.11. The van der Waals surface area contributed by atoms with Crippen molar-refractivity contribution in [3.63, 3.8) is 0 Å². The second kappa shape index (κ2) is 10.9. The van der Waals surface area contributed by atoms with Crippen LogP contribution in [0.4, 0.5) is 4.79 Å². The smallest absolute Gasteiger partial charge is 0.407 e. The second-order valence-electron chi connectivity index (χ2n) is 9.74. The number of benzene rings is 1. The number of piperidine rings is 1. The van der Waals surface area contributed by atoms with Crippen LogP contribution in [0.2, 0.25) is 0 Å². The molecular weight excluding hydrogens is 482 g/mol. The van der Waals surface area contributed by atoms with Gasteiger partial charge in [-0.15, -0.1) is 11.6 Å². The van der Waals surface area contributed by atoms with Crippen molar-refractivity contribution in [3.8, 4) is 11.5 Å². The zero-order chi connectivity index (χ0) is 25.1. The number of methoxy groups -OCH3 is 2. The van der Waals surface area contributed by atoms with Gasteiger partial charge in [-0.2, -0.15) is 0 Å². The molecule has 0 bridgehead atoms. The number of amides is 1. The van der Waals surface area contributed by atoms with Crippen LogP contribution in [0.25, 0.3) is 0 Å². The van der Waals surface area contributed by atoms with Crippen LogP contribution in [0.5, 0.6) is 11.5 Å². The van der Waals surface area contributed by atoms with Gasteiger partial charge in [0.25, 0.3) is 0 Å². The van der Waals surface area contributed by atoms with Gasteiger partial charge in [0.2, 0.25) is 10.0 Å². The minimum atomic E-state index is -3.55. The lowest BCUT2D eigenvalue weighted by Gasteiger charge is -2.47. The molecule has 9 nitrogen and oxygen atoms in total. The van der Waals surface area contributed by atoms with E-state index in [0.29, 0.717) is 30.9 Å². The third-order valence-corrected chi connectivity index (χ3v) is 7.84. The normalized spacial score (nSPS) is 22.9. The van der Waals surface area contributed by atoms with Crippen molar-refractivity contribution in [2.24, 2.45) is 0 Å². The SMILES string of the molecule is COc1cc2c(cc1OC)C1CC(NC(=O)OC(C)(C)C)C(NS(=O)(=O)CCCCl)CN1CC2. The van der Waals surface area contributed by atoms with Crippen LogP contribution in [0.1, 0.15) is 50.8 Å². The highest BCUT2D eigenvalue weighted by Gasteiger charge is 2.41. The molecule has 2 aliphatic heterocycles. The van der Waals surface area contributed by atoms with Gasteiger partial charge in [-0.1, -0.05) is 0 Å². The molecule has 1 fully saturated rings.